The van der Waals surface area contributed by atoms with E-state index in [1.165, 1.54) is 11.3 Å². The second-order valence-electron chi connectivity index (χ2n) is 7.80. The molecule has 0 unspecified atom stereocenters. The standard InChI is InChI=1S/C19H30N2O3S/c1-7-9-10-13(22)20-16-14(17(23)24-8-2)12-11-18(3,4)21-19(5,6)15(12)25-16/h21H,7-11H2,1-6H3,(H,20,22). The Labute approximate surface area is 154 Å². The Morgan fingerprint density at radius 1 is 1.24 bits per heavy atom. The topological polar surface area (TPSA) is 67.4 Å². The number of nitrogens with one attached hydrogen (secondary N) is 2. The summed E-state index contributed by atoms with van der Waals surface area (Å²) in [6, 6.07) is 0. The predicted octanol–water partition coefficient (Wildman–Crippen LogP) is 4.21. The van der Waals surface area contributed by atoms with E-state index in [2.05, 4.69) is 45.3 Å². The minimum absolute atomic E-state index is 0.0454. The summed E-state index contributed by atoms with van der Waals surface area (Å²) >= 11 is 1.49. The Morgan fingerprint density at radius 3 is 2.52 bits per heavy atom. The number of hydrogen-bond donors (Lipinski definition) is 2. The number of anilines is 1. The number of thiophene rings is 1. The van der Waals surface area contributed by atoms with Crippen molar-refractivity contribution in [2.45, 2.75) is 78.3 Å². The number of ether oxygens (including phenoxy) is 1. The fraction of sp³-hybridized carbons (Fsp3) is 0.684. The summed E-state index contributed by atoms with van der Waals surface area (Å²) < 4.78 is 5.29. The normalized spacial score (nSPS) is 17.7. The Kier molecular flexibility index (Phi) is 5.94. The molecule has 0 atom stereocenters. The number of amides is 1. The fourth-order valence-electron chi connectivity index (χ4n) is 3.56. The lowest BCUT2D eigenvalue weighted by Crippen LogP contribution is -2.55. The van der Waals surface area contributed by atoms with Gasteiger partial charge in [0.05, 0.1) is 12.2 Å². The van der Waals surface area contributed by atoms with Crippen LogP contribution in [0.5, 0.6) is 0 Å². The third-order valence-electron chi connectivity index (χ3n) is 4.33. The molecule has 0 radical (unpaired) electrons. The third kappa shape index (κ3) is 4.42. The highest BCUT2D eigenvalue weighted by atomic mass is 32.1. The Bertz CT molecular complexity index is 662. The molecule has 1 aromatic rings. The van der Waals surface area contributed by atoms with E-state index in [0.717, 1.165) is 29.7 Å². The van der Waals surface area contributed by atoms with Gasteiger partial charge in [-0.2, -0.15) is 0 Å². The number of rotatable bonds is 6. The van der Waals surface area contributed by atoms with Gasteiger partial charge in [-0.1, -0.05) is 13.3 Å². The molecule has 1 amide bonds. The second kappa shape index (κ2) is 7.46. The number of carbonyl (C=O) groups excluding carboxylic acids is 2. The highest BCUT2D eigenvalue weighted by molar-refractivity contribution is 7.17. The van der Waals surface area contributed by atoms with Gasteiger partial charge in [-0.15, -0.1) is 11.3 Å². The van der Waals surface area contributed by atoms with E-state index >= 15 is 0 Å². The van der Waals surface area contributed by atoms with Crippen molar-refractivity contribution in [3.8, 4) is 0 Å². The molecule has 0 spiro atoms. The van der Waals surface area contributed by atoms with E-state index in [-0.39, 0.29) is 23.0 Å². The molecule has 0 saturated carbocycles. The quantitative estimate of drug-likeness (QED) is 0.740. The number of unbranched alkanes of at least 4 members (excludes halogenated alkanes) is 1. The molecule has 6 heteroatoms. The summed E-state index contributed by atoms with van der Waals surface area (Å²) in [5, 5.41) is 7.21. The highest BCUT2D eigenvalue weighted by Gasteiger charge is 2.42. The molecule has 140 valence electrons. The van der Waals surface area contributed by atoms with Crippen LogP contribution in [0.1, 0.15) is 81.6 Å². The first kappa shape index (κ1) is 19.9. The van der Waals surface area contributed by atoms with Crippen LogP contribution in [0.2, 0.25) is 0 Å². The van der Waals surface area contributed by atoms with E-state index in [0.29, 0.717) is 23.6 Å². The molecule has 0 fully saturated rings. The van der Waals surface area contributed by atoms with Crippen LogP contribution in [0, 0.1) is 0 Å². The monoisotopic (exact) mass is 366 g/mol. The van der Waals surface area contributed by atoms with Crippen LogP contribution >= 0.6 is 11.3 Å². The Morgan fingerprint density at radius 2 is 1.92 bits per heavy atom. The first-order valence-electron chi connectivity index (χ1n) is 9.03. The van der Waals surface area contributed by atoms with Gasteiger partial charge < -0.3 is 15.4 Å². The molecule has 0 aromatic carbocycles. The molecule has 1 aliphatic rings. The van der Waals surface area contributed by atoms with Gasteiger partial charge in [0.15, 0.2) is 0 Å². The van der Waals surface area contributed by atoms with Gasteiger partial charge in [0.2, 0.25) is 5.91 Å². The van der Waals surface area contributed by atoms with Gasteiger partial charge in [-0.3, -0.25) is 4.79 Å². The van der Waals surface area contributed by atoms with Crippen molar-refractivity contribution in [2.75, 3.05) is 11.9 Å². The van der Waals surface area contributed by atoms with E-state index in [1.807, 2.05) is 0 Å². The van der Waals surface area contributed by atoms with Gasteiger partial charge in [0.25, 0.3) is 0 Å². The minimum atomic E-state index is -0.348. The zero-order valence-electron chi connectivity index (χ0n) is 16.2. The van der Waals surface area contributed by atoms with Crippen molar-refractivity contribution in [2.24, 2.45) is 0 Å². The number of fused-ring (bicyclic) bond motifs is 1. The molecule has 0 aliphatic carbocycles. The summed E-state index contributed by atoms with van der Waals surface area (Å²) in [7, 11) is 0. The van der Waals surface area contributed by atoms with Crippen molar-refractivity contribution in [3.63, 3.8) is 0 Å². The maximum atomic E-state index is 12.6. The lowest BCUT2D eigenvalue weighted by atomic mass is 9.81. The molecule has 2 heterocycles. The van der Waals surface area contributed by atoms with Crippen molar-refractivity contribution < 1.29 is 14.3 Å². The van der Waals surface area contributed by atoms with Crippen molar-refractivity contribution >= 4 is 28.2 Å². The lowest BCUT2D eigenvalue weighted by Gasteiger charge is -2.42. The first-order valence-corrected chi connectivity index (χ1v) is 9.85. The largest absolute Gasteiger partial charge is 0.462 e. The molecule has 2 rings (SSSR count). The molecule has 0 saturated heterocycles. The van der Waals surface area contributed by atoms with Gasteiger partial charge in [-0.05, 0) is 53.0 Å². The van der Waals surface area contributed by atoms with Crippen molar-refractivity contribution in [1.82, 2.24) is 5.32 Å². The molecule has 5 nitrogen and oxygen atoms in total. The fourth-order valence-corrected chi connectivity index (χ4v) is 4.84. The smallest absolute Gasteiger partial charge is 0.341 e. The summed E-state index contributed by atoms with van der Waals surface area (Å²) in [5.41, 5.74) is 1.13. The van der Waals surface area contributed by atoms with Gasteiger partial charge in [0, 0.05) is 22.4 Å². The zero-order chi connectivity index (χ0) is 18.8. The van der Waals surface area contributed by atoms with Crippen LogP contribution in [-0.4, -0.2) is 24.0 Å². The minimum Gasteiger partial charge on any atom is -0.462 e. The van der Waals surface area contributed by atoms with Gasteiger partial charge in [-0.25, -0.2) is 4.79 Å². The summed E-state index contributed by atoms with van der Waals surface area (Å²) in [5.74, 6) is -0.393. The van der Waals surface area contributed by atoms with Crippen molar-refractivity contribution in [1.29, 1.82) is 0 Å². The summed E-state index contributed by atoms with van der Waals surface area (Å²) in [6.07, 6.45) is 2.99. The van der Waals surface area contributed by atoms with Gasteiger partial charge >= 0.3 is 5.97 Å². The molecular weight excluding hydrogens is 336 g/mol. The summed E-state index contributed by atoms with van der Waals surface area (Å²) in [6.45, 7) is 12.6. The van der Waals surface area contributed by atoms with E-state index in [1.54, 1.807) is 6.92 Å². The summed E-state index contributed by atoms with van der Waals surface area (Å²) in [4.78, 5) is 26.0. The number of hydrogen-bond acceptors (Lipinski definition) is 5. The Hall–Kier alpha value is -1.40. The average Bonchev–Trinajstić information content (AvgIpc) is 2.82. The molecule has 2 N–H and O–H groups in total. The maximum absolute atomic E-state index is 12.6. The Balaban J connectivity index is 2.48. The maximum Gasteiger partial charge on any atom is 0.341 e. The zero-order valence-corrected chi connectivity index (χ0v) is 17.0. The highest BCUT2D eigenvalue weighted by Crippen LogP contribution is 2.45. The van der Waals surface area contributed by atoms with Crippen LogP contribution < -0.4 is 10.6 Å². The van der Waals surface area contributed by atoms with Crippen molar-refractivity contribution in [3.05, 3.63) is 16.0 Å². The van der Waals surface area contributed by atoms with E-state index in [4.69, 9.17) is 4.74 Å². The van der Waals surface area contributed by atoms with E-state index in [9.17, 15) is 9.59 Å². The van der Waals surface area contributed by atoms with Crippen LogP contribution in [0.15, 0.2) is 0 Å². The molecule has 0 bridgehead atoms. The number of carbonyl (C=O) groups is 2. The molecular formula is C19H30N2O3S. The van der Waals surface area contributed by atoms with Gasteiger partial charge in [0.1, 0.15) is 5.00 Å². The average molecular weight is 367 g/mol. The van der Waals surface area contributed by atoms with Crippen LogP contribution in [0.4, 0.5) is 5.00 Å². The van der Waals surface area contributed by atoms with Crippen LogP contribution in [0.3, 0.4) is 0 Å². The second-order valence-corrected chi connectivity index (χ2v) is 8.82. The predicted molar refractivity (Wildman–Crippen MR) is 102 cm³/mol. The first-order chi connectivity index (χ1) is 11.6. The van der Waals surface area contributed by atoms with Crippen LogP contribution in [-0.2, 0) is 21.5 Å². The molecule has 1 aromatic heterocycles. The molecule has 1 aliphatic heterocycles. The molecule has 25 heavy (non-hydrogen) atoms. The SMILES string of the molecule is CCCCC(=O)Nc1sc2c(c1C(=O)OCC)CC(C)(C)NC2(C)C. The van der Waals surface area contributed by atoms with Crippen LogP contribution in [0.25, 0.3) is 0 Å². The number of esters is 1. The van der Waals surface area contributed by atoms with E-state index < -0.39 is 0 Å². The lowest BCUT2D eigenvalue weighted by molar-refractivity contribution is -0.116. The third-order valence-corrected chi connectivity index (χ3v) is 5.81.